The van der Waals surface area contributed by atoms with E-state index in [0.717, 1.165) is 19.4 Å². The average molecular weight is 376 g/mol. The molecule has 2 amide bonds. The minimum Gasteiger partial charge on any atom is -0.378 e. The highest BCUT2D eigenvalue weighted by molar-refractivity contribution is 5.94. The van der Waals surface area contributed by atoms with E-state index in [1.54, 1.807) is 11.8 Å². The summed E-state index contributed by atoms with van der Waals surface area (Å²) in [5.41, 5.74) is 5.14. The third kappa shape index (κ3) is 3.16. The predicted octanol–water partition coefficient (Wildman–Crippen LogP) is 0.304. The molecule has 2 heterocycles. The molecule has 4 unspecified atom stereocenters. The fourth-order valence-electron chi connectivity index (χ4n) is 4.47. The summed E-state index contributed by atoms with van der Waals surface area (Å²) in [5, 5.41) is 2.86. The Morgan fingerprint density at radius 1 is 1.24 bits per heavy atom. The van der Waals surface area contributed by atoms with Crippen LogP contribution in [0.3, 0.4) is 0 Å². The predicted molar refractivity (Wildman–Crippen MR) is 95.4 cm³/mol. The first-order chi connectivity index (χ1) is 11.3. The van der Waals surface area contributed by atoms with Gasteiger partial charge in [-0.2, -0.15) is 0 Å². The molecule has 0 radical (unpaired) electrons. The molecule has 3 fully saturated rings. The standard InChI is InChI=1S/C17H29N3O4.ClH/c1-11(14(21)20-6-9-23-10-7-20)19-15(22)17(18)12-5-4-8-24-13(12)16(17,2)3;/h11-13H,4-10,18H2,1-3H3,(H,19,22);1H. The van der Waals surface area contributed by atoms with Crippen LogP contribution >= 0.6 is 12.4 Å². The number of nitrogens with zero attached hydrogens (tertiary/aromatic N) is 1. The quantitative estimate of drug-likeness (QED) is 0.740. The van der Waals surface area contributed by atoms with Crippen molar-refractivity contribution < 1.29 is 19.1 Å². The second-order valence-corrected chi connectivity index (χ2v) is 7.76. The van der Waals surface area contributed by atoms with Crippen molar-refractivity contribution in [1.29, 1.82) is 0 Å². The number of morpholine rings is 1. The molecule has 8 heteroatoms. The Labute approximate surface area is 155 Å². The van der Waals surface area contributed by atoms with Crippen LogP contribution in [0.25, 0.3) is 0 Å². The minimum atomic E-state index is -0.988. The fourth-order valence-corrected chi connectivity index (χ4v) is 4.47. The molecule has 7 nitrogen and oxygen atoms in total. The van der Waals surface area contributed by atoms with Crippen LogP contribution in [0.1, 0.15) is 33.6 Å². The summed E-state index contributed by atoms with van der Waals surface area (Å²) >= 11 is 0. The largest absolute Gasteiger partial charge is 0.378 e. The smallest absolute Gasteiger partial charge is 0.245 e. The first-order valence-electron chi connectivity index (χ1n) is 8.88. The van der Waals surface area contributed by atoms with Crippen molar-refractivity contribution in [3.63, 3.8) is 0 Å². The molecular weight excluding hydrogens is 346 g/mol. The number of hydrogen-bond donors (Lipinski definition) is 2. The van der Waals surface area contributed by atoms with Crippen molar-refractivity contribution in [2.24, 2.45) is 17.1 Å². The van der Waals surface area contributed by atoms with Crippen molar-refractivity contribution in [3.8, 4) is 0 Å². The molecule has 25 heavy (non-hydrogen) atoms. The molecule has 3 aliphatic rings. The molecule has 2 saturated heterocycles. The van der Waals surface area contributed by atoms with Crippen LogP contribution in [0, 0.1) is 11.3 Å². The summed E-state index contributed by atoms with van der Waals surface area (Å²) < 4.78 is 11.1. The summed E-state index contributed by atoms with van der Waals surface area (Å²) in [6.45, 7) is 8.63. The number of carbonyl (C=O) groups excluding carboxylic acids is 2. The van der Waals surface area contributed by atoms with Crippen LogP contribution in [0.5, 0.6) is 0 Å². The van der Waals surface area contributed by atoms with Gasteiger partial charge in [-0.3, -0.25) is 9.59 Å². The zero-order chi connectivity index (χ0) is 17.5. The number of amides is 2. The van der Waals surface area contributed by atoms with Gasteiger partial charge in [-0.05, 0) is 19.8 Å². The molecule has 1 aliphatic carbocycles. The van der Waals surface area contributed by atoms with E-state index < -0.39 is 17.0 Å². The number of ether oxygens (including phenoxy) is 2. The van der Waals surface area contributed by atoms with E-state index in [-0.39, 0.29) is 36.2 Å². The molecule has 0 spiro atoms. The lowest BCUT2D eigenvalue weighted by Crippen LogP contribution is -2.82. The van der Waals surface area contributed by atoms with E-state index in [1.807, 2.05) is 13.8 Å². The van der Waals surface area contributed by atoms with Gasteiger partial charge in [-0.1, -0.05) is 13.8 Å². The Kier molecular flexibility index (Phi) is 6.03. The molecule has 144 valence electrons. The van der Waals surface area contributed by atoms with Gasteiger partial charge in [0.15, 0.2) is 0 Å². The molecule has 0 bridgehead atoms. The van der Waals surface area contributed by atoms with Gasteiger partial charge in [0.25, 0.3) is 0 Å². The summed E-state index contributed by atoms with van der Waals surface area (Å²) in [5.74, 6) is -0.302. The zero-order valence-corrected chi connectivity index (χ0v) is 16.1. The SMILES string of the molecule is CC(NC(=O)C1(N)C2CCCOC2C1(C)C)C(=O)N1CCOCC1.Cl. The van der Waals surface area contributed by atoms with E-state index in [2.05, 4.69) is 5.32 Å². The van der Waals surface area contributed by atoms with Gasteiger partial charge in [0.05, 0.1) is 19.3 Å². The molecule has 4 atom stereocenters. The normalized spacial score (nSPS) is 34.8. The maximum atomic E-state index is 12.9. The van der Waals surface area contributed by atoms with Crippen molar-refractivity contribution in [2.75, 3.05) is 32.9 Å². The highest BCUT2D eigenvalue weighted by Gasteiger charge is 2.70. The number of halogens is 1. The summed E-state index contributed by atoms with van der Waals surface area (Å²) in [6, 6.07) is -0.588. The van der Waals surface area contributed by atoms with Crippen LogP contribution in [-0.2, 0) is 19.1 Å². The van der Waals surface area contributed by atoms with E-state index in [1.165, 1.54) is 0 Å². The number of nitrogens with two attached hydrogens (primary N) is 1. The Balaban J connectivity index is 0.00000225. The van der Waals surface area contributed by atoms with Crippen LogP contribution in [0.2, 0.25) is 0 Å². The summed E-state index contributed by atoms with van der Waals surface area (Å²) in [4.78, 5) is 27.2. The van der Waals surface area contributed by atoms with Crippen molar-refractivity contribution in [2.45, 2.75) is 51.3 Å². The molecule has 0 aromatic carbocycles. The molecule has 3 rings (SSSR count). The third-order valence-electron chi connectivity index (χ3n) is 6.10. The second-order valence-electron chi connectivity index (χ2n) is 7.76. The summed E-state index contributed by atoms with van der Waals surface area (Å²) in [7, 11) is 0. The van der Waals surface area contributed by atoms with Crippen LogP contribution in [-0.4, -0.2) is 67.3 Å². The van der Waals surface area contributed by atoms with Crippen molar-refractivity contribution >= 4 is 24.2 Å². The van der Waals surface area contributed by atoms with Gasteiger partial charge in [-0.25, -0.2) is 0 Å². The van der Waals surface area contributed by atoms with Crippen LogP contribution in [0.15, 0.2) is 0 Å². The number of nitrogens with one attached hydrogen (secondary N) is 1. The van der Waals surface area contributed by atoms with Gasteiger partial charge in [-0.15, -0.1) is 12.4 Å². The van der Waals surface area contributed by atoms with Gasteiger partial charge >= 0.3 is 0 Å². The lowest BCUT2D eigenvalue weighted by molar-refractivity contribution is -0.225. The Morgan fingerprint density at radius 3 is 2.52 bits per heavy atom. The van der Waals surface area contributed by atoms with Crippen LogP contribution in [0.4, 0.5) is 0 Å². The van der Waals surface area contributed by atoms with E-state index in [0.29, 0.717) is 26.3 Å². The minimum absolute atomic E-state index is 0. The average Bonchev–Trinajstić information content (AvgIpc) is 2.60. The van der Waals surface area contributed by atoms with Crippen LogP contribution < -0.4 is 11.1 Å². The second kappa shape index (κ2) is 7.39. The molecule has 0 aromatic heterocycles. The number of fused-ring (bicyclic) bond motifs is 1. The Hall–Kier alpha value is -0.890. The van der Waals surface area contributed by atoms with Gasteiger partial charge in [0.1, 0.15) is 11.6 Å². The lowest BCUT2D eigenvalue weighted by atomic mass is 9.46. The maximum absolute atomic E-state index is 12.9. The molecule has 3 N–H and O–H groups in total. The topological polar surface area (TPSA) is 93.9 Å². The van der Waals surface area contributed by atoms with Crippen molar-refractivity contribution in [1.82, 2.24) is 10.2 Å². The molecular formula is C17H30ClN3O4. The summed E-state index contributed by atoms with van der Waals surface area (Å²) in [6.07, 6.45) is 1.84. The fraction of sp³-hybridized carbons (Fsp3) is 0.882. The van der Waals surface area contributed by atoms with Gasteiger partial charge < -0.3 is 25.4 Å². The van der Waals surface area contributed by atoms with Crippen molar-refractivity contribution in [3.05, 3.63) is 0 Å². The maximum Gasteiger partial charge on any atom is 0.245 e. The van der Waals surface area contributed by atoms with Gasteiger partial charge in [0.2, 0.25) is 11.8 Å². The Bertz CT molecular complexity index is 524. The number of carbonyl (C=O) groups is 2. The third-order valence-corrected chi connectivity index (χ3v) is 6.10. The first-order valence-corrected chi connectivity index (χ1v) is 8.88. The van der Waals surface area contributed by atoms with E-state index in [4.69, 9.17) is 15.2 Å². The molecule has 0 aromatic rings. The first kappa shape index (κ1) is 20.4. The lowest BCUT2D eigenvalue weighted by Gasteiger charge is -2.65. The van der Waals surface area contributed by atoms with Gasteiger partial charge in [0, 0.05) is 31.0 Å². The number of rotatable bonds is 3. The molecule has 2 aliphatic heterocycles. The van der Waals surface area contributed by atoms with E-state index >= 15 is 0 Å². The monoisotopic (exact) mass is 375 g/mol. The van der Waals surface area contributed by atoms with E-state index in [9.17, 15) is 9.59 Å². The zero-order valence-electron chi connectivity index (χ0n) is 15.2. The highest BCUT2D eigenvalue weighted by Crippen LogP contribution is 2.57. The number of hydrogen-bond acceptors (Lipinski definition) is 5. The highest BCUT2D eigenvalue weighted by atomic mass is 35.5. The Morgan fingerprint density at radius 2 is 1.88 bits per heavy atom. The molecule has 1 saturated carbocycles.